The van der Waals surface area contributed by atoms with Crippen LogP contribution in [0.25, 0.3) is 0 Å². The largest absolute Gasteiger partial charge is 0.237 e. The quantitative estimate of drug-likeness (QED) is 0.732. The van der Waals surface area contributed by atoms with Crippen LogP contribution in [0, 0.1) is 11.3 Å². The Labute approximate surface area is 105 Å². The van der Waals surface area contributed by atoms with Gasteiger partial charge in [-0.15, -0.1) is 0 Å². The van der Waals surface area contributed by atoms with Crippen molar-refractivity contribution in [2.45, 2.75) is 0 Å². The smallest absolute Gasteiger partial charge is 0.148 e. The van der Waals surface area contributed by atoms with E-state index in [0.29, 0.717) is 10.7 Å². The van der Waals surface area contributed by atoms with Gasteiger partial charge < -0.3 is 0 Å². The summed E-state index contributed by atoms with van der Waals surface area (Å²) in [6.45, 7) is 0. The molecule has 0 aliphatic rings. The molecule has 0 aliphatic carbocycles. The summed E-state index contributed by atoms with van der Waals surface area (Å²) in [5, 5.41) is 9.74. The molecule has 0 saturated heterocycles. The van der Waals surface area contributed by atoms with Crippen molar-refractivity contribution in [2.24, 2.45) is 4.99 Å². The lowest BCUT2D eigenvalue weighted by Gasteiger charge is -1.99. The number of benzene rings is 2. The van der Waals surface area contributed by atoms with E-state index in [1.165, 1.54) is 0 Å². The van der Waals surface area contributed by atoms with E-state index in [0.717, 1.165) is 11.3 Å². The second-order valence-electron chi connectivity index (χ2n) is 3.41. The first kappa shape index (κ1) is 11.4. The summed E-state index contributed by atoms with van der Waals surface area (Å²) in [7, 11) is 0. The van der Waals surface area contributed by atoms with E-state index >= 15 is 0 Å². The molecule has 0 N–H and O–H groups in total. The summed E-state index contributed by atoms with van der Waals surface area (Å²) in [6, 6.07) is 18.5. The van der Waals surface area contributed by atoms with E-state index in [-0.39, 0.29) is 0 Å². The van der Waals surface area contributed by atoms with Crippen LogP contribution < -0.4 is 0 Å². The number of hydrogen-bond donors (Lipinski definition) is 0. The number of hydrogen-bond acceptors (Lipinski definition) is 2. The zero-order valence-electron chi connectivity index (χ0n) is 8.97. The predicted octanol–water partition coefficient (Wildman–Crippen LogP) is 3.98. The zero-order chi connectivity index (χ0) is 12.1. The minimum Gasteiger partial charge on any atom is -0.237 e. The highest BCUT2D eigenvalue weighted by atomic mass is 35.5. The molecule has 17 heavy (non-hydrogen) atoms. The third-order valence-corrected chi connectivity index (χ3v) is 2.47. The van der Waals surface area contributed by atoms with Crippen molar-refractivity contribution in [1.82, 2.24) is 0 Å². The molecular weight excluding hydrogens is 232 g/mol. The maximum Gasteiger partial charge on any atom is 0.148 e. The highest BCUT2D eigenvalue weighted by Crippen LogP contribution is 2.15. The topological polar surface area (TPSA) is 36.1 Å². The number of rotatable bonds is 2. The van der Waals surface area contributed by atoms with E-state index in [4.69, 9.17) is 16.9 Å². The standard InChI is InChI=1S/C14H9ClN2/c15-12-8-6-11(7-9-12)14(10-16)17-13-4-2-1-3-5-13/h1-9H/b17-14+. The molecule has 3 heteroatoms. The minimum atomic E-state index is 0.382. The van der Waals surface area contributed by atoms with Gasteiger partial charge in [0.05, 0.1) is 5.69 Å². The summed E-state index contributed by atoms with van der Waals surface area (Å²) < 4.78 is 0. The zero-order valence-corrected chi connectivity index (χ0v) is 9.72. The molecule has 0 atom stereocenters. The number of nitriles is 1. The van der Waals surface area contributed by atoms with E-state index in [1.54, 1.807) is 24.3 Å². The van der Waals surface area contributed by atoms with Crippen LogP contribution in [0.3, 0.4) is 0 Å². The van der Waals surface area contributed by atoms with Crippen LogP contribution in [0.15, 0.2) is 59.6 Å². The molecule has 0 unspecified atom stereocenters. The Morgan fingerprint density at radius 1 is 1.00 bits per heavy atom. The van der Waals surface area contributed by atoms with Gasteiger partial charge in [-0.3, -0.25) is 0 Å². The van der Waals surface area contributed by atoms with Crippen LogP contribution in [0.4, 0.5) is 5.69 Å². The first-order valence-corrected chi connectivity index (χ1v) is 5.47. The molecule has 2 nitrogen and oxygen atoms in total. The monoisotopic (exact) mass is 240 g/mol. The van der Waals surface area contributed by atoms with Gasteiger partial charge in [0.2, 0.25) is 0 Å². The number of aliphatic imine (C=N–C) groups is 1. The Bertz CT molecular complexity index is 565. The van der Waals surface area contributed by atoms with Crippen molar-refractivity contribution in [3.8, 4) is 6.07 Å². The number of nitrogens with zero attached hydrogens (tertiary/aromatic N) is 2. The highest BCUT2D eigenvalue weighted by molar-refractivity contribution is 6.30. The Morgan fingerprint density at radius 2 is 1.65 bits per heavy atom. The molecule has 0 fully saturated rings. The lowest BCUT2D eigenvalue weighted by Crippen LogP contribution is -1.95. The van der Waals surface area contributed by atoms with Gasteiger partial charge in [0.15, 0.2) is 0 Å². The molecule has 0 amide bonds. The lowest BCUT2D eigenvalue weighted by molar-refractivity contribution is 1.48. The second-order valence-corrected chi connectivity index (χ2v) is 3.85. The van der Waals surface area contributed by atoms with Gasteiger partial charge in [0, 0.05) is 10.6 Å². The normalized spacial score (nSPS) is 10.9. The highest BCUT2D eigenvalue weighted by Gasteiger charge is 2.02. The third-order valence-electron chi connectivity index (χ3n) is 2.22. The van der Waals surface area contributed by atoms with Gasteiger partial charge in [-0.05, 0) is 24.3 Å². The van der Waals surface area contributed by atoms with Crippen molar-refractivity contribution in [2.75, 3.05) is 0 Å². The molecule has 0 radical (unpaired) electrons. The fourth-order valence-electron chi connectivity index (χ4n) is 1.39. The average Bonchev–Trinajstić information content (AvgIpc) is 2.38. The Balaban J connectivity index is 2.38. The minimum absolute atomic E-state index is 0.382. The maximum absolute atomic E-state index is 9.10. The van der Waals surface area contributed by atoms with Crippen LogP contribution >= 0.6 is 11.6 Å². The van der Waals surface area contributed by atoms with Crippen molar-refractivity contribution >= 4 is 23.0 Å². The van der Waals surface area contributed by atoms with E-state index in [2.05, 4.69) is 11.1 Å². The van der Waals surface area contributed by atoms with Crippen molar-refractivity contribution in [3.05, 3.63) is 65.2 Å². The molecular formula is C14H9ClN2. The predicted molar refractivity (Wildman–Crippen MR) is 69.7 cm³/mol. The summed E-state index contributed by atoms with van der Waals surface area (Å²) in [4.78, 5) is 4.29. The third kappa shape index (κ3) is 2.93. The molecule has 0 bridgehead atoms. The fraction of sp³-hybridized carbons (Fsp3) is 0. The van der Waals surface area contributed by atoms with Gasteiger partial charge in [-0.25, -0.2) is 4.99 Å². The van der Waals surface area contributed by atoms with Gasteiger partial charge >= 0.3 is 0 Å². The molecule has 0 spiro atoms. The Morgan fingerprint density at radius 3 is 2.24 bits per heavy atom. The maximum atomic E-state index is 9.10. The Kier molecular flexibility index (Phi) is 3.54. The molecule has 2 aromatic rings. The molecule has 0 saturated carbocycles. The molecule has 2 rings (SSSR count). The SMILES string of the molecule is N#C/C(=N\c1ccccc1)c1ccc(Cl)cc1. The van der Waals surface area contributed by atoms with E-state index < -0.39 is 0 Å². The first-order chi connectivity index (χ1) is 8.29. The molecule has 82 valence electrons. The fourth-order valence-corrected chi connectivity index (χ4v) is 1.52. The average molecular weight is 241 g/mol. The van der Waals surface area contributed by atoms with E-state index in [9.17, 15) is 0 Å². The van der Waals surface area contributed by atoms with Gasteiger partial charge in [-0.1, -0.05) is 41.9 Å². The van der Waals surface area contributed by atoms with Crippen molar-refractivity contribution in [1.29, 1.82) is 5.26 Å². The molecule has 2 aromatic carbocycles. The Hall–Kier alpha value is -2.11. The summed E-state index contributed by atoms with van der Waals surface area (Å²) >= 11 is 5.80. The lowest BCUT2D eigenvalue weighted by atomic mass is 10.1. The van der Waals surface area contributed by atoms with Crippen LogP contribution in [0.1, 0.15) is 5.56 Å². The van der Waals surface area contributed by atoms with Crippen molar-refractivity contribution < 1.29 is 0 Å². The van der Waals surface area contributed by atoms with Crippen LogP contribution in [-0.2, 0) is 0 Å². The summed E-state index contributed by atoms with van der Waals surface area (Å²) in [6.07, 6.45) is 0. The summed E-state index contributed by atoms with van der Waals surface area (Å²) in [5.74, 6) is 0. The van der Waals surface area contributed by atoms with Crippen LogP contribution in [0.2, 0.25) is 5.02 Å². The second kappa shape index (κ2) is 5.29. The van der Waals surface area contributed by atoms with Crippen LogP contribution in [-0.4, -0.2) is 5.71 Å². The van der Waals surface area contributed by atoms with E-state index in [1.807, 2.05) is 30.3 Å². The van der Waals surface area contributed by atoms with Gasteiger partial charge in [-0.2, -0.15) is 5.26 Å². The molecule has 0 heterocycles. The van der Waals surface area contributed by atoms with Gasteiger partial charge in [0.1, 0.15) is 11.8 Å². The first-order valence-electron chi connectivity index (χ1n) is 5.09. The number of halogens is 1. The van der Waals surface area contributed by atoms with Crippen LogP contribution in [0.5, 0.6) is 0 Å². The molecule has 0 aliphatic heterocycles. The number of para-hydroxylation sites is 1. The van der Waals surface area contributed by atoms with Crippen molar-refractivity contribution in [3.63, 3.8) is 0 Å². The molecule has 0 aromatic heterocycles. The van der Waals surface area contributed by atoms with Gasteiger partial charge in [0.25, 0.3) is 0 Å². The summed E-state index contributed by atoms with van der Waals surface area (Å²) in [5.41, 5.74) is 1.91.